The van der Waals surface area contributed by atoms with Gasteiger partial charge in [-0.3, -0.25) is 0 Å². The van der Waals surface area contributed by atoms with Gasteiger partial charge in [0.25, 0.3) is 0 Å². The fraction of sp³-hybridized carbons (Fsp3) is 0.533. The third kappa shape index (κ3) is 2.88. The molecule has 1 saturated carbocycles. The standard InChI is InChI=1S/C15H21N5/c1-11(2)15(12-6-4-3-5-7-12)16-10-14-17-18-19-20(14)13-8-9-13/h3-7,11,13,15-16H,8-10H2,1-2H3. The Balaban J connectivity index is 1.69. The van der Waals surface area contributed by atoms with Gasteiger partial charge in [-0.2, -0.15) is 0 Å². The molecular weight excluding hydrogens is 250 g/mol. The summed E-state index contributed by atoms with van der Waals surface area (Å²) in [5, 5.41) is 15.6. The zero-order valence-corrected chi connectivity index (χ0v) is 12.0. The molecule has 2 aromatic rings. The molecule has 5 nitrogen and oxygen atoms in total. The number of aromatic nitrogens is 4. The van der Waals surface area contributed by atoms with E-state index >= 15 is 0 Å². The molecular formula is C15H21N5. The Hall–Kier alpha value is -1.75. The number of benzene rings is 1. The van der Waals surface area contributed by atoms with E-state index in [1.165, 1.54) is 18.4 Å². The Bertz CT molecular complexity index is 544. The lowest BCUT2D eigenvalue weighted by Gasteiger charge is -2.22. The highest BCUT2D eigenvalue weighted by Gasteiger charge is 2.28. The lowest BCUT2D eigenvalue weighted by atomic mass is 9.96. The van der Waals surface area contributed by atoms with Crippen LogP contribution in [-0.4, -0.2) is 20.2 Å². The van der Waals surface area contributed by atoms with Crippen LogP contribution in [0, 0.1) is 5.92 Å². The summed E-state index contributed by atoms with van der Waals surface area (Å²) in [5.74, 6) is 1.46. The Morgan fingerprint density at radius 2 is 2.00 bits per heavy atom. The molecule has 0 radical (unpaired) electrons. The van der Waals surface area contributed by atoms with Crippen molar-refractivity contribution in [3.63, 3.8) is 0 Å². The second-order valence-corrected chi connectivity index (χ2v) is 5.78. The van der Waals surface area contributed by atoms with Gasteiger partial charge in [0, 0.05) is 6.04 Å². The third-order valence-corrected chi connectivity index (χ3v) is 3.76. The average molecular weight is 271 g/mol. The van der Waals surface area contributed by atoms with Gasteiger partial charge in [-0.1, -0.05) is 44.2 Å². The molecule has 0 amide bonds. The van der Waals surface area contributed by atoms with Crippen molar-refractivity contribution in [1.29, 1.82) is 0 Å². The highest BCUT2D eigenvalue weighted by molar-refractivity contribution is 5.19. The van der Waals surface area contributed by atoms with Crippen LogP contribution in [0.2, 0.25) is 0 Å². The van der Waals surface area contributed by atoms with Crippen molar-refractivity contribution < 1.29 is 0 Å². The molecule has 20 heavy (non-hydrogen) atoms. The van der Waals surface area contributed by atoms with Gasteiger partial charge in [0.05, 0.1) is 12.6 Å². The monoisotopic (exact) mass is 271 g/mol. The van der Waals surface area contributed by atoms with Crippen molar-refractivity contribution in [3.05, 3.63) is 41.7 Å². The summed E-state index contributed by atoms with van der Waals surface area (Å²) >= 11 is 0. The first-order valence-corrected chi connectivity index (χ1v) is 7.31. The predicted octanol–water partition coefficient (Wildman–Crippen LogP) is 2.49. The normalized spacial score (nSPS) is 16.6. The Morgan fingerprint density at radius 3 is 2.65 bits per heavy atom. The summed E-state index contributed by atoms with van der Waals surface area (Å²) in [6, 6.07) is 11.4. The molecule has 106 valence electrons. The minimum atomic E-state index is 0.320. The highest BCUT2D eigenvalue weighted by Crippen LogP contribution is 2.34. The van der Waals surface area contributed by atoms with Gasteiger partial charge in [-0.25, -0.2) is 4.68 Å². The molecule has 1 aromatic heterocycles. The van der Waals surface area contributed by atoms with Crippen LogP contribution in [0.3, 0.4) is 0 Å². The van der Waals surface area contributed by atoms with Crippen molar-refractivity contribution in [2.24, 2.45) is 5.92 Å². The van der Waals surface area contributed by atoms with E-state index in [1.807, 2.05) is 4.68 Å². The summed E-state index contributed by atoms with van der Waals surface area (Å²) < 4.78 is 1.97. The average Bonchev–Trinajstić information content (AvgIpc) is 3.19. The maximum atomic E-state index is 4.14. The first kappa shape index (κ1) is 13.2. The molecule has 0 spiro atoms. The summed E-state index contributed by atoms with van der Waals surface area (Å²) in [4.78, 5) is 0. The van der Waals surface area contributed by atoms with Crippen LogP contribution in [0.4, 0.5) is 0 Å². The maximum Gasteiger partial charge on any atom is 0.165 e. The second kappa shape index (κ2) is 5.71. The quantitative estimate of drug-likeness (QED) is 0.877. The number of tetrazole rings is 1. The van der Waals surface area contributed by atoms with Gasteiger partial charge in [0.2, 0.25) is 0 Å². The summed E-state index contributed by atoms with van der Waals surface area (Å²) in [5.41, 5.74) is 1.31. The van der Waals surface area contributed by atoms with Crippen molar-refractivity contribution >= 4 is 0 Å². The molecule has 1 aromatic carbocycles. The molecule has 1 unspecified atom stereocenters. The number of rotatable bonds is 6. The van der Waals surface area contributed by atoms with E-state index in [2.05, 4.69) is 65.0 Å². The van der Waals surface area contributed by atoms with Gasteiger partial charge in [0.1, 0.15) is 0 Å². The highest BCUT2D eigenvalue weighted by atomic mass is 15.6. The van der Waals surface area contributed by atoms with Crippen LogP contribution in [0.1, 0.15) is 50.2 Å². The van der Waals surface area contributed by atoms with Gasteiger partial charge in [-0.05, 0) is 34.7 Å². The van der Waals surface area contributed by atoms with Crippen molar-refractivity contribution in [2.45, 2.75) is 45.3 Å². The van der Waals surface area contributed by atoms with Crippen LogP contribution >= 0.6 is 0 Å². The molecule has 0 saturated heterocycles. The van der Waals surface area contributed by atoms with Gasteiger partial charge < -0.3 is 5.32 Å². The van der Waals surface area contributed by atoms with Crippen LogP contribution in [0.15, 0.2) is 30.3 Å². The van der Waals surface area contributed by atoms with E-state index in [1.54, 1.807) is 0 Å². The van der Waals surface area contributed by atoms with Crippen molar-refractivity contribution in [1.82, 2.24) is 25.5 Å². The zero-order chi connectivity index (χ0) is 13.9. The molecule has 1 heterocycles. The second-order valence-electron chi connectivity index (χ2n) is 5.78. The van der Waals surface area contributed by atoms with E-state index in [4.69, 9.17) is 0 Å². The molecule has 0 bridgehead atoms. The Labute approximate surface area is 119 Å². The third-order valence-electron chi connectivity index (χ3n) is 3.76. The van der Waals surface area contributed by atoms with E-state index < -0.39 is 0 Å². The van der Waals surface area contributed by atoms with Gasteiger partial charge >= 0.3 is 0 Å². The van der Waals surface area contributed by atoms with Crippen LogP contribution < -0.4 is 5.32 Å². The summed E-state index contributed by atoms with van der Waals surface area (Å²) in [6.07, 6.45) is 2.40. The Kier molecular flexibility index (Phi) is 3.78. The lowest BCUT2D eigenvalue weighted by molar-refractivity contribution is 0.399. The molecule has 0 aliphatic heterocycles. The lowest BCUT2D eigenvalue weighted by Crippen LogP contribution is -2.26. The zero-order valence-electron chi connectivity index (χ0n) is 12.0. The SMILES string of the molecule is CC(C)C(NCc1nnnn1C1CC1)c1ccccc1. The summed E-state index contributed by atoms with van der Waals surface area (Å²) in [6.45, 7) is 5.17. The van der Waals surface area contributed by atoms with Crippen LogP contribution in [0.5, 0.6) is 0 Å². The van der Waals surface area contributed by atoms with Crippen molar-refractivity contribution in [3.8, 4) is 0 Å². The van der Waals surface area contributed by atoms with Gasteiger partial charge in [0.15, 0.2) is 5.82 Å². The minimum absolute atomic E-state index is 0.320. The maximum absolute atomic E-state index is 4.14. The number of nitrogens with one attached hydrogen (secondary N) is 1. The van der Waals surface area contributed by atoms with E-state index in [0.717, 1.165) is 5.82 Å². The van der Waals surface area contributed by atoms with Crippen LogP contribution in [0.25, 0.3) is 0 Å². The molecule has 1 atom stereocenters. The number of nitrogens with zero attached hydrogens (tertiary/aromatic N) is 4. The molecule has 1 N–H and O–H groups in total. The summed E-state index contributed by atoms with van der Waals surface area (Å²) in [7, 11) is 0. The molecule has 1 aliphatic carbocycles. The van der Waals surface area contributed by atoms with E-state index in [-0.39, 0.29) is 0 Å². The molecule has 5 heteroatoms. The van der Waals surface area contributed by atoms with E-state index in [9.17, 15) is 0 Å². The Morgan fingerprint density at radius 1 is 1.25 bits per heavy atom. The fourth-order valence-corrected chi connectivity index (χ4v) is 2.53. The predicted molar refractivity (Wildman–Crippen MR) is 76.9 cm³/mol. The number of hydrogen-bond acceptors (Lipinski definition) is 4. The smallest absolute Gasteiger partial charge is 0.165 e. The molecule has 3 rings (SSSR count). The fourth-order valence-electron chi connectivity index (χ4n) is 2.53. The molecule has 1 fully saturated rings. The number of hydrogen-bond donors (Lipinski definition) is 1. The largest absolute Gasteiger partial charge is 0.303 e. The first-order valence-electron chi connectivity index (χ1n) is 7.31. The topological polar surface area (TPSA) is 55.6 Å². The van der Waals surface area contributed by atoms with Crippen LogP contribution in [-0.2, 0) is 6.54 Å². The van der Waals surface area contributed by atoms with Crippen molar-refractivity contribution in [2.75, 3.05) is 0 Å². The molecule has 1 aliphatic rings. The van der Waals surface area contributed by atoms with Gasteiger partial charge in [-0.15, -0.1) is 5.10 Å². The minimum Gasteiger partial charge on any atom is -0.303 e. The van der Waals surface area contributed by atoms with E-state index in [0.29, 0.717) is 24.5 Å². The first-order chi connectivity index (χ1) is 9.75.